The average molecular weight is 372 g/mol. The summed E-state index contributed by atoms with van der Waals surface area (Å²) in [5, 5.41) is 5.17. The van der Waals surface area contributed by atoms with E-state index in [4.69, 9.17) is 5.14 Å². The summed E-state index contributed by atoms with van der Waals surface area (Å²) in [6.07, 6.45) is 2.67. The minimum Gasteiger partial charge on any atom is -0.369 e. The summed E-state index contributed by atoms with van der Waals surface area (Å²) in [5.74, 6) is 0.782. The molecule has 26 heavy (non-hydrogen) atoms. The van der Waals surface area contributed by atoms with Gasteiger partial charge in [-0.1, -0.05) is 24.3 Å². The van der Waals surface area contributed by atoms with Crippen molar-refractivity contribution in [3.05, 3.63) is 59.7 Å². The largest absolute Gasteiger partial charge is 0.369 e. The number of piperazine rings is 1. The molecule has 1 saturated heterocycles. The summed E-state index contributed by atoms with van der Waals surface area (Å²) in [6, 6.07) is 15.7. The normalized spacial score (nSPS) is 18.9. The maximum Gasteiger partial charge on any atom is 0.238 e. The lowest BCUT2D eigenvalue weighted by molar-refractivity contribution is 0.249. The van der Waals surface area contributed by atoms with Crippen molar-refractivity contribution in [2.75, 3.05) is 31.1 Å². The first kappa shape index (κ1) is 17.5. The van der Waals surface area contributed by atoms with Crippen LogP contribution in [-0.2, 0) is 16.6 Å². The van der Waals surface area contributed by atoms with Crippen molar-refractivity contribution in [3.63, 3.8) is 0 Å². The molecule has 1 aliphatic carbocycles. The van der Waals surface area contributed by atoms with Crippen LogP contribution in [0.4, 0.5) is 5.69 Å². The molecule has 2 aliphatic rings. The highest BCUT2D eigenvalue weighted by Crippen LogP contribution is 2.41. The summed E-state index contributed by atoms with van der Waals surface area (Å²) >= 11 is 0. The second-order valence-electron chi connectivity index (χ2n) is 7.28. The SMILES string of the molecule is NS(=O)(=O)c1ccc(N2CCN(Cc3ccccc3C3CC3)CC2)cc1. The van der Waals surface area contributed by atoms with Crippen molar-refractivity contribution < 1.29 is 8.42 Å². The van der Waals surface area contributed by atoms with Crippen molar-refractivity contribution in [3.8, 4) is 0 Å². The Morgan fingerprint density at radius 2 is 1.58 bits per heavy atom. The van der Waals surface area contributed by atoms with Crippen LogP contribution >= 0.6 is 0 Å². The molecular weight excluding hydrogens is 346 g/mol. The van der Waals surface area contributed by atoms with Gasteiger partial charge in [0.2, 0.25) is 10.0 Å². The van der Waals surface area contributed by atoms with Gasteiger partial charge < -0.3 is 4.90 Å². The first-order valence-corrected chi connectivity index (χ1v) is 10.7. The van der Waals surface area contributed by atoms with E-state index in [-0.39, 0.29) is 4.90 Å². The molecule has 0 amide bonds. The Bertz CT molecular complexity index is 868. The van der Waals surface area contributed by atoms with Crippen LogP contribution < -0.4 is 10.0 Å². The number of benzene rings is 2. The molecule has 1 heterocycles. The average Bonchev–Trinajstić information content (AvgIpc) is 3.47. The van der Waals surface area contributed by atoms with Gasteiger partial charge >= 0.3 is 0 Å². The molecule has 1 aliphatic heterocycles. The molecule has 1 saturated carbocycles. The molecule has 0 aromatic heterocycles. The molecule has 0 spiro atoms. The molecule has 4 rings (SSSR count). The highest BCUT2D eigenvalue weighted by molar-refractivity contribution is 7.89. The molecule has 0 radical (unpaired) electrons. The van der Waals surface area contributed by atoms with E-state index >= 15 is 0 Å². The van der Waals surface area contributed by atoms with E-state index in [0.717, 1.165) is 44.3 Å². The number of sulfonamides is 1. The minimum atomic E-state index is -3.63. The fourth-order valence-corrected chi connectivity index (χ4v) is 4.24. The molecule has 138 valence electrons. The molecule has 6 heteroatoms. The Kier molecular flexibility index (Phi) is 4.73. The van der Waals surface area contributed by atoms with Crippen LogP contribution in [0.25, 0.3) is 0 Å². The lowest BCUT2D eigenvalue weighted by Gasteiger charge is -2.36. The molecule has 5 nitrogen and oxygen atoms in total. The van der Waals surface area contributed by atoms with Crippen molar-refractivity contribution in [1.82, 2.24) is 4.90 Å². The van der Waals surface area contributed by atoms with Crippen molar-refractivity contribution in [1.29, 1.82) is 0 Å². The zero-order chi connectivity index (χ0) is 18.1. The predicted molar refractivity (Wildman–Crippen MR) is 104 cm³/mol. The van der Waals surface area contributed by atoms with Crippen molar-refractivity contribution in [2.45, 2.75) is 30.2 Å². The van der Waals surface area contributed by atoms with E-state index in [1.807, 2.05) is 12.1 Å². The molecular formula is C20H25N3O2S. The van der Waals surface area contributed by atoms with Gasteiger partial charge in [-0.3, -0.25) is 4.90 Å². The summed E-state index contributed by atoms with van der Waals surface area (Å²) in [7, 11) is -3.63. The standard InChI is InChI=1S/C20H25N3O2S/c21-26(24,25)19-9-7-18(8-10-19)23-13-11-22(12-14-23)15-17-3-1-2-4-20(17)16-5-6-16/h1-4,7-10,16H,5-6,11-15H2,(H2,21,24,25). The molecule has 2 N–H and O–H groups in total. The van der Waals surface area contributed by atoms with Crippen LogP contribution in [0.5, 0.6) is 0 Å². The lowest BCUT2D eigenvalue weighted by Crippen LogP contribution is -2.46. The molecule has 0 bridgehead atoms. The first-order valence-electron chi connectivity index (χ1n) is 9.19. The van der Waals surface area contributed by atoms with Crippen LogP contribution in [0.3, 0.4) is 0 Å². The minimum absolute atomic E-state index is 0.163. The van der Waals surface area contributed by atoms with E-state index in [2.05, 4.69) is 34.1 Å². The van der Waals surface area contributed by atoms with E-state index in [1.165, 1.54) is 24.0 Å². The highest BCUT2D eigenvalue weighted by atomic mass is 32.2. The monoisotopic (exact) mass is 371 g/mol. The molecule has 2 fully saturated rings. The fourth-order valence-electron chi connectivity index (χ4n) is 3.72. The zero-order valence-corrected chi connectivity index (χ0v) is 15.7. The lowest BCUT2D eigenvalue weighted by atomic mass is 10.0. The van der Waals surface area contributed by atoms with Gasteiger partial charge in [-0.2, -0.15) is 0 Å². The number of nitrogens with two attached hydrogens (primary N) is 1. The van der Waals surface area contributed by atoms with Crippen LogP contribution in [-0.4, -0.2) is 39.5 Å². The maximum atomic E-state index is 11.4. The summed E-state index contributed by atoms with van der Waals surface area (Å²) in [5.41, 5.74) is 4.06. The third kappa shape index (κ3) is 3.92. The van der Waals surface area contributed by atoms with Gasteiger partial charge in [-0.15, -0.1) is 0 Å². The Hall–Kier alpha value is -1.89. The van der Waals surface area contributed by atoms with Crippen LogP contribution in [0.1, 0.15) is 29.9 Å². The van der Waals surface area contributed by atoms with Gasteiger partial charge in [0.05, 0.1) is 4.90 Å². The third-order valence-corrected chi connectivity index (χ3v) is 6.30. The quantitative estimate of drug-likeness (QED) is 0.877. The summed E-state index contributed by atoms with van der Waals surface area (Å²) in [4.78, 5) is 4.98. The number of hydrogen-bond acceptors (Lipinski definition) is 4. The van der Waals surface area contributed by atoms with Crippen LogP contribution in [0, 0.1) is 0 Å². The maximum absolute atomic E-state index is 11.4. The summed E-state index contributed by atoms with van der Waals surface area (Å²) in [6.45, 7) is 4.93. The molecule has 0 unspecified atom stereocenters. The van der Waals surface area contributed by atoms with Gasteiger partial charge in [0.1, 0.15) is 0 Å². The van der Waals surface area contributed by atoms with Gasteiger partial charge in [0.15, 0.2) is 0 Å². The first-order chi connectivity index (χ1) is 12.5. The second kappa shape index (κ2) is 7.02. The number of nitrogens with zero attached hydrogens (tertiary/aromatic N) is 2. The zero-order valence-electron chi connectivity index (χ0n) is 14.8. The summed E-state index contributed by atoms with van der Waals surface area (Å²) < 4.78 is 22.7. The van der Waals surface area contributed by atoms with E-state index in [9.17, 15) is 8.42 Å². The third-order valence-electron chi connectivity index (χ3n) is 5.37. The topological polar surface area (TPSA) is 66.6 Å². The smallest absolute Gasteiger partial charge is 0.238 e. The Balaban J connectivity index is 1.37. The second-order valence-corrected chi connectivity index (χ2v) is 8.84. The number of anilines is 1. The molecule has 2 aromatic carbocycles. The van der Waals surface area contributed by atoms with Gasteiger partial charge in [-0.05, 0) is 54.2 Å². The fraction of sp³-hybridized carbons (Fsp3) is 0.400. The van der Waals surface area contributed by atoms with Crippen LogP contribution in [0.2, 0.25) is 0 Å². The van der Waals surface area contributed by atoms with Gasteiger partial charge in [-0.25, -0.2) is 13.6 Å². The van der Waals surface area contributed by atoms with Crippen molar-refractivity contribution >= 4 is 15.7 Å². The number of primary sulfonamides is 1. The Morgan fingerprint density at radius 1 is 0.923 bits per heavy atom. The number of rotatable bonds is 5. The van der Waals surface area contributed by atoms with Crippen molar-refractivity contribution in [2.24, 2.45) is 5.14 Å². The molecule has 2 aromatic rings. The predicted octanol–water partition coefficient (Wildman–Crippen LogP) is 2.53. The number of hydrogen-bond donors (Lipinski definition) is 1. The molecule has 0 atom stereocenters. The van der Waals surface area contributed by atoms with E-state index < -0.39 is 10.0 Å². The Morgan fingerprint density at radius 3 is 2.19 bits per heavy atom. The van der Waals surface area contributed by atoms with E-state index in [0.29, 0.717) is 0 Å². The van der Waals surface area contributed by atoms with Gasteiger partial charge in [0, 0.05) is 38.4 Å². The Labute approximate surface area is 155 Å². The highest BCUT2D eigenvalue weighted by Gasteiger charge is 2.26. The van der Waals surface area contributed by atoms with Crippen LogP contribution in [0.15, 0.2) is 53.4 Å². The van der Waals surface area contributed by atoms with E-state index in [1.54, 1.807) is 12.1 Å². The van der Waals surface area contributed by atoms with Gasteiger partial charge in [0.25, 0.3) is 0 Å².